The third kappa shape index (κ3) is 10.1. The number of carbonyl (C=O) groups is 1. The maximum Gasteiger partial charge on any atom is 0.303 e. The fourth-order valence-electron chi connectivity index (χ4n) is 1.39. The standard InChI is InChI=1S/C10H22O7.C5H10O2/c11-1-9(2-12,3-13)7-17-8-10(4-14,5-15)6-16;1-2-3-4-5(6)7/h11-16H,1-8H2;2-4H2,1H3,(H,6,7). The Morgan fingerprint density at radius 2 is 1.12 bits per heavy atom. The average molecular weight is 356 g/mol. The summed E-state index contributed by atoms with van der Waals surface area (Å²) < 4.78 is 5.15. The van der Waals surface area contributed by atoms with Crippen LogP contribution in [-0.4, -0.2) is 94.6 Å². The Balaban J connectivity index is 0. The Bertz CT molecular complexity index is 265. The number of ether oxygens (including phenoxy) is 1. The van der Waals surface area contributed by atoms with Crippen molar-refractivity contribution in [1.82, 2.24) is 0 Å². The Morgan fingerprint density at radius 1 is 0.792 bits per heavy atom. The summed E-state index contributed by atoms with van der Waals surface area (Å²) in [5.74, 6) is -0.693. The van der Waals surface area contributed by atoms with Crippen molar-refractivity contribution in [3.63, 3.8) is 0 Å². The topological polar surface area (TPSA) is 168 Å². The molecule has 0 unspecified atom stereocenters. The minimum atomic E-state index is -1.16. The summed E-state index contributed by atoms with van der Waals surface area (Å²) in [7, 11) is 0. The second-order valence-electron chi connectivity index (χ2n) is 5.94. The van der Waals surface area contributed by atoms with Gasteiger partial charge in [-0.1, -0.05) is 13.3 Å². The number of carboxylic acids is 1. The molecule has 0 saturated carbocycles. The van der Waals surface area contributed by atoms with Crippen LogP contribution in [0.25, 0.3) is 0 Å². The van der Waals surface area contributed by atoms with Crippen molar-refractivity contribution < 1.29 is 45.3 Å². The van der Waals surface area contributed by atoms with E-state index in [0.717, 1.165) is 12.8 Å². The van der Waals surface area contributed by atoms with Gasteiger partial charge in [0, 0.05) is 6.42 Å². The molecule has 0 heterocycles. The number of rotatable bonds is 13. The zero-order valence-electron chi connectivity index (χ0n) is 14.2. The fraction of sp³-hybridized carbons (Fsp3) is 0.933. The zero-order chi connectivity index (χ0) is 19.1. The maximum absolute atomic E-state index is 9.76. The number of aliphatic carboxylic acids is 1. The first-order valence-corrected chi connectivity index (χ1v) is 7.79. The van der Waals surface area contributed by atoms with Gasteiger partial charge in [0.2, 0.25) is 0 Å². The molecule has 0 spiro atoms. The summed E-state index contributed by atoms with van der Waals surface area (Å²) >= 11 is 0. The van der Waals surface area contributed by atoms with Crippen molar-refractivity contribution in [1.29, 1.82) is 0 Å². The first kappa shape index (κ1) is 25.4. The van der Waals surface area contributed by atoms with Crippen LogP contribution in [0, 0.1) is 10.8 Å². The molecule has 9 nitrogen and oxygen atoms in total. The molecular weight excluding hydrogens is 324 g/mol. The van der Waals surface area contributed by atoms with E-state index in [1.807, 2.05) is 6.92 Å². The van der Waals surface area contributed by atoms with E-state index in [2.05, 4.69) is 0 Å². The van der Waals surface area contributed by atoms with Crippen molar-refractivity contribution in [3.05, 3.63) is 0 Å². The normalized spacial score (nSPS) is 11.8. The number of hydrogen-bond acceptors (Lipinski definition) is 8. The van der Waals surface area contributed by atoms with Crippen LogP contribution in [0.5, 0.6) is 0 Å². The van der Waals surface area contributed by atoms with Gasteiger partial charge in [-0.15, -0.1) is 0 Å². The zero-order valence-corrected chi connectivity index (χ0v) is 14.2. The van der Waals surface area contributed by atoms with Crippen molar-refractivity contribution in [2.45, 2.75) is 26.2 Å². The highest BCUT2D eigenvalue weighted by Gasteiger charge is 2.32. The first-order valence-electron chi connectivity index (χ1n) is 7.79. The van der Waals surface area contributed by atoms with Gasteiger partial charge in [0.25, 0.3) is 0 Å². The SMILES string of the molecule is CCCCC(=O)O.OCC(CO)(CO)COCC(CO)(CO)CO. The maximum atomic E-state index is 9.76. The van der Waals surface area contributed by atoms with E-state index in [1.165, 1.54) is 0 Å². The predicted molar refractivity (Wildman–Crippen MR) is 85.4 cm³/mol. The molecule has 0 aromatic rings. The molecule has 7 N–H and O–H groups in total. The van der Waals surface area contributed by atoms with Crippen LogP contribution in [0.3, 0.4) is 0 Å². The van der Waals surface area contributed by atoms with Gasteiger partial charge in [-0.3, -0.25) is 4.79 Å². The molecule has 24 heavy (non-hydrogen) atoms. The third-order valence-corrected chi connectivity index (χ3v) is 3.57. The van der Waals surface area contributed by atoms with Gasteiger partial charge in [0.1, 0.15) is 0 Å². The largest absolute Gasteiger partial charge is 0.481 e. The van der Waals surface area contributed by atoms with Crippen LogP contribution in [0.2, 0.25) is 0 Å². The molecule has 0 aliphatic rings. The molecule has 0 atom stereocenters. The smallest absolute Gasteiger partial charge is 0.303 e. The molecule has 0 amide bonds. The monoisotopic (exact) mass is 356 g/mol. The molecule has 146 valence electrons. The van der Waals surface area contributed by atoms with E-state index >= 15 is 0 Å². The van der Waals surface area contributed by atoms with Gasteiger partial charge >= 0.3 is 5.97 Å². The molecule has 0 rings (SSSR count). The molecule has 0 aliphatic carbocycles. The number of aliphatic hydroxyl groups is 6. The number of aliphatic hydroxyl groups excluding tert-OH is 6. The number of unbranched alkanes of at least 4 members (excludes halogenated alkanes) is 1. The first-order chi connectivity index (χ1) is 11.3. The van der Waals surface area contributed by atoms with Gasteiger partial charge in [-0.25, -0.2) is 0 Å². The fourth-order valence-corrected chi connectivity index (χ4v) is 1.39. The molecule has 0 aromatic heterocycles. The van der Waals surface area contributed by atoms with Crippen molar-refractivity contribution in [2.75, 3.05) is 52.9 Å². The Kier molecular flexibility index (Phi) is 15.4. The Morgan fingerprint density at radius 3 is 1.29 bits per heavy atom. The molecule has 0 aliphatic heterocycles. The van der Waals surface area contributed by atoms with Crippen LogP contribution in [0.1, 0.15) is 26.2 Å². The minimum absolute atomic E-state index is 0.141. The van der Waals surface area contributed by atoms with Gasteiger partial charge in [-0.05, 0) is 6.42 Å². The second kappa shape index (κ2) is 14.5. The lowest BCUT2D eigenvalue weighted by molar-refractivity contribution is -0.137. The minimum Gasteiger partial charge on any atom is -0.481 e. The third-order valence-electron chi connectivity index (χ3n) is 3.57. The van der Waals surface area contributed by atoms with Crippen LogP contribution in [0.4, 0.5) is 0 Å². The van der Waals surface area contributed by atoms with Crippen LogP contribution < -0.4 is 0 Å². The van der Waals surface area contributed by atoms with Crippen molar-refractivity contribution >= 4 is 5.97 Å². The Hall–Kier alpha value is -0.810. The molecule has 0 bridgehead atoms. The summed E-state index contributed by atoms with van der Waals surface area (Å²) in [6, 6.07) is 0. The van der Waals surface area contributed by atoms with Crippen molar-refractivity contribution in [2.24, 2.45) is 10.8 Å². The van der Waals surface area contributed by atoms with E-state index in [1.54, 1.807) is 0 Å². The van der Waals surface area contributed by atoms with E-state index in [0.29, 0.717) is 6.42 Å². The average Bonchev–Trinajstić information content (AvgIpc) is 2.62. The number of hydrogen-bond donors (Lipinski definition) is 7. The van der Waals surface area contributed by atoms with E-state index in [-0.39, 0.29) is 13.2 Å². The van der Waals surface area contributed by atoms with Crippen LogP contribution >= 0.6 is 0 Å². The highest BCUT2D eigenvalue weighted by atomic mass is 16.5. The second-order valence-corrected chi connectivity index (χ2v) is 5.94. The van der Waals surface area contributed by atoms with E-state index in [9.17, 15) is 4.79 Å². The summed E-state index contributed by atoms with van der Waals surface area (Å²) in [5.41, 5.74) is -2.32. The molecule has 0 saturated heterocycles. The number of carboxylic acid groups (broad SMARTS) is 1. The summed E-state index contributed by atoms with van der Waals surface area (Å²) in [6.07, 6.45) is 2.08. The molecule has 0 fully saturated rings. The summed E-state index contributed by atoms with van der Waals surface area (Å²) in [6.45, 7) is -1.03. The summed E-state index contributed by atoms with van der Waals surface area (Å²) in [5, 5.41) is 62.2. The van der Waals surface area contributed by atoms with Crippen molar-refractivity contribution in [3.8, 4) is 0 Å². The summed E-state index contributed by atoms with van der Waals surface area (Å²) in [4.78, 5) is 9.76. The van der Waals surface area contributed by atoms with E-state index < -0.39 is 56.4 Å². The molecular formula is C15H32O9. The lowest BCUT2D eigenvalue weighted by atomic mass is 9.91. The quantitative estimate of drug-likeness (QED) is 0.201. The van der Waals surface area contributed by atoms with Crippen LogP contribution in [0.15, 0.2) is 0 Å². The van der Waals surface area contributed by atoms with Gasteiger partial charge in [0.05, 0.1) is 63.7 Å². The van der Waals surface area contributed by atoms with Gasteiger partial charge in [-0.2, -0.15) is 0 Å². The lowest BCUT2D eigenvalue weighted by Gasteiger charge is -2.31. The molecule has 0 aromatic carbocycles. The lowest BCUT2D eigenvalue weighted by Crippen LogP contribution is -2.43. The van der Waals surface area contributed by atoms with Gasteiger partial charge in [0.15, 0.2) is 0 Å². The van der Waals surface area contributed by atoms with Crippen LogP contribution in [-0.2, 0) is 9.53 Å². The highest BCUT2D eigenvalue weighted by Crippen LogP contribution is 2.19. The van der Waals surface area contributed by atoms with Gasteiger partial charge < -0.3 is 40.5 Å². The Labute approximate surface area is 142 Å². The highest BCUT2D eigenvalue weighted by molar-refractivity contribution is 5.66. The molecule has 0 radical (unpaired) electrons. The predicted octanol–water partition coefficient (Wildman–Crippen LogP) is -1.81. The van der Waals surface area contributed by atoms with E-state index in [4.69, 9.17) is 40.5 Å². The molecule has 9 heteroatoms.